The number of aromatic nitrogens is 1. The van der Waals surface area contributed by atoms with Gasteiger partial charge >= 0.3 is 5.97 Å². The van der Waals surface area contributed by atoms with E-state index in [9.17, 15) is 4.79 Å². The van der Waals surface area contributed by atoms with E-state index in [1.807, 2.05) is 18.5 Å². The topological polar surface area (TPSA) is 42.2 Å². The van der Waals surface area contributed by atoms with Gasteiger partial charge in [-0.1, -0.05) is 0 Å². The fraction of sp³-hybridized carbons (Fsp3) is 0.444. The molecule has 1 aliphatic rings. The molecule has 0 radical (unpaired) electrons. The van der Waals surface area contributed by atoms with E-state index < -0.39 is 11.5 Å². The van der Waals surface area contributed by atoms with E-state index in [1.54, 1.807) is 4.57 Å². The molecule has 0 spiro atoms. The molecule has 0 unspecified atom stereocenters. The zero-order chi connectivity index (χ0) is 9.47. The minimum Gasteiger partial charge on any atom is -0.479 e. The normalized spacial score (nSPS) is 19.5. The lowest BCUT2D eigenvalue weighted by molar-refractivity contribution is -0.152. The average molecular weight is 244 g/mol. The van der Waals surface area contributed by atoms with Gasteiger partial charge in [-0.05, 0) is 41.3 Å². The van der Waals surface area contributed by atoms with Crippen molar-refractivity contribution in [3.8, 4) is 0 Å². The molecule has 4 heteroatoms. The molecule has 1 heterocycles. The first-order valence-electron chi connectivity index (χ1n) is 4.22. The fourth-order valence-electron chi connectivity index (χ4n) is 1.73. The number of hydrogen-bond acceptors (Lipinski definition) is 1. The predicted molar refractivity (Wildman–Crippen MR) is 51.6 cm³/mol. The molecule has 1 N–H and O–H groups in total. The van der Waals surface area contributed by atoms with Gasteiger partial charge in [-0.2, -0.15) is 0 Å². The van der Waals surface area contributed by atoms with Crippen molar-refractivity contribution in [2.45, 2.75) is 24.8 Å². The molecule has 0 aliphatic heterocycles. The Balaban J connectivity index is 2.37. The van der Waals surface area contributed by atoms with E-state index in [0.29, 0.717) is 0 Å². The maximum absolute atomic E-state index is 11.1. The summed E-state index contributed by atoms with van der Waals surface area (Å²) in [6, 6.07) is 1.86. The van der Waals surface area contributed by atoms with Crippen molar-refractivity contribution in [1.82, 2.24) is 4.57 Å². The lowest BCUT2D eigenvalue weighted by atomic mass is 9.76. The Labute approximate surface area is 84.5 Å². The summed E-state index contributed by atoms with van der Waals surface area (Å²) in [5.74, 6) is -0.721. The van der Waals surface area contributed by atoms with Gasteiger partial charge in [0.05, 0.1) is 0 Å². The van der Waals surface area contributed by atoms with Crippen molar-refractivity contribution in [3.63, 3.8) is 0 Å². The third-order valence-corrected chi connectivity index (χ3v) is 3.20. The van der Waals surface area contributed by atoms with E-state index in [2.05, 4.69) is 15.9 Å². The summed E-state index contributed by atoms with van der Waals surface area (Å²) in [6.45, 7) is 0. The van der Waals surface area contributed by atoms with Crippen LogP contribution in [-0.4, -0.2) is 15.6 Å². The first-order chi connectivity index (χ1) is 6.15. The number of aliphatic carboxylic acids is 1. The lowest BCUT2D eigenvalue weighted by Crippen LogP contribution is -2.47. The highest BCUT2D eigenvalue weighted by Crippen LogP contribution is 2.40. The van der Waals surface area contributed by atoms with Crippen molar-refractivity contribution in [2.75, 3.05) is 0 Å². The quantitative estimate of drug-likeness (QED) is 0.866. The minimum atomic E-state index is -0.721. The van der Waals surface area contributed by atoms with Crippen LogP contribution in [0, 0.1) is 0 Å². The second kappa shape index (κ2) is 2.87. The highest BCUT2D eigenvalue weighted by molar-refractivity contribution is 9.10. The van der Waals surface area contributed by atoms with Crippen LogP contribution in [0.1, 0.15) is 19.3 Å². The molecule has 1 aliphatic carbocycles. The van der Waals surface area contributed by atoms with Crippen LogP contribution in [0.2, 0.25) is 0 Å². The summed E-state index contributed by atoms with van der Waals surface area (Å²) in [6.07, 6.45) is 6.12. The monoisotopic (exact) mass is 243 g/mol. The average Bonchev–Trinajstić information content (AvgIpc) is 2.32. The summed E-state index contributed by atoms with van der Waals surface area (Å²) in [7, 11) is 0. The Kier molecular flexibility index (Phi) is 1.95. The summed E-state index contributed by atoms with van der Waals surface area (Å²) in [5.41, 5.74) is -0.661. The van der Waals surface area contributed by atoms with Crippen LogP contribution >= 0.6 is 15.9 Å². The van der Waals surface area contributed by atoms with Gasteiger partial charge in [0.1, 0.15) is 5.54 Å². The zero-order valence-electron chi connectivity index (χ0n) is 7.03. The largest absolute Gasteiger partial charge is 0.479 e. The van der Waals surface area contributed by atoms with Gasteiger partial charge in [0, 0.05) is 16.9 Å². The second-order valence-corrected chi connectivity index (χ2v) is 4.34. The number of carboxylic acids is 1. The SMILES string of the molecule is O=C(O)C1(n2ccc(Br)c2)CCC1. The van der Waals surface area contributed by atoms with E-state index in [0.717, 1.165) is 23.7 Å². The molecule has 3 nitrogen and oxygen atoms in total. The zero-order valence-corrected chi connectivity index (χ0v) is 8.62. The fourth-order valence-corrected chi connectivity index (χ4v) is 2.07. The summed E-state index contributed by atoms with van der Waals surface area (Å²) in [4.78, 5) is 11.1. The molecule has 0 bridgehead atoms. The van der Waals surface area contributed by atoms with Crippen LogP contribution in [0.4, 0.5) is 0 Å². The molecule has 13 heavy (non-hydrogen) atoms. The van der Waals surface area contributed by atoms with Crippen molar-refractivity contribution >= 4 is 21.9 Å². The minimum absolute atomic E-state index is 0.661. The molecule has 2 rings (SSSR count). The Morgan fingerprint density at radius 2 is 2.31 bits per heavy atom. The molecule has 1 fully saturated rings. The predicted octanol–water partition coefficient (Wildman–Crippen LogP) is 2.21. The molecule has 1 saturated carbocycles. The highest BCUT2D eigenvalue weighted by Gasteiger charge is 2.45. The smallest absolute Gasteiger partial charge is 0.329 e. The van der Waals surface area contributed by atoms with Gasteiger partial charge in [0.15, 0.2) is 0 Å². The van der Waals surface area contributed by atoms with Crippen molar-refractivity contribution in [2.24, 2.45) is 0 Å². The van der Waals surface area contributed by atoms with E-state index in [4.69, 9.17) is 5.11 Å². The van der Waals surface area contributed by atoms with Crippen molar-refractivity contribution in [1.29, 1.82) is 0 Å². The molecule has 70 valence electrons. The molecular formula is C9H10BrNO2. The first-order valence-corrected chi connectivity index (χ1v) is 5.02. The molecule has 0 amide bonds. The highest BCUT2D eigenvalue weighted by atomic mass is 79.9. The molecule has 0 saturated heterocycles. The van der Waals surface area contributed by atoms with E-state index in [1.165, 1.54) is 0 Å². The number of rotatable bonds is 2. The number of carbonyl (C=O) groups is 1. The van der Waals surface area contributed by atoms with Crippen LogP contribution in [0.25, 0.3) is 0 Å². The summed E-state index contributed by atoms with van der Waals surface area (Å²) < 4.78 is 2.73. The second-order valence-electron chi connectivity index (χ2n) is 3.43. The van der Waals surface area contributed by atoms with Gasteiger partial charge in [0.25, 0.3) is 0 Å². The summed E-state index contributed by atoms with van der Waals surface area (Å²) in [5, 5.41) is 9.11. The number of carboxylic acid groups (broad SMARTS) is 1. The molecule has 0 aromatic carbocycles. The summed E-state index contributed by atoms with van der Waals surface area (Å²) >= 11 is 3.31. The lowest BCUT2D eigenvalue weighted by Gasteiger charge is -2.39. The maximum atomic E-state index is 11.1. The van der Waals surface area contributed by atoms with Crippen LogP contribution in [0.15, 0.2) is 22.9 Å². The Bertz CT molecular complexity index is 341. The molecule has 1 aromatic heterocycles. The Morgan fingerprint density at radius 1 is 1.62 bits per heavy atom. The van der Waals surface area contributed by atoms with Gasteiger partial charge in [-0.3, -0.25) is 0 Å². The number of halogens is 1. The molecular weight excluding hydrogens is 234 g/mol. The van der Waals surface area contributed by atoms with Gasteiger partial charge in [0.2, 0.25) is 0 Å². The third-order valence-electron chi connectivity index (χ3n) is 2.73. The molecule has 0 atom stereocenters. The van der Waals surface area contributed by atoms with Crippen LogP contribution in [-0.2, 0) is 10.3 Å². The van der Waals surface area contributed by atoms with Crippen molar-refractivity contribution < 1.29 is 9.90 Å². The standard InChI is InChI=1S/C9H10BrNO2/c10-7-2-5-11(6-7)9(8(12)13)3-1-4-9/h2,5-6H,1,3-4H2,(H,12,13). The first kappa shape index (κ1) is 8.81. The maximum Gasteiger partial charge on any atom is 0.329 e. The van der Waals surface area contributed by atoms with Crippen molar-refractivity contribution in [3.05, 3.63) is 22.9 Å². The van der Waals surface area contributed by atoms with Gasteiger partial charge in [-0.15, -0.1) is 0 Å². The van der Waals surface area contributed by atoms with E-state index in [-0.39, 0.29) is 0 Å². The third kappa shape index (κ3) is 1.20. The van der Waals surface area contributed by atoms with Crippen LogP contribution < -0.4 is 0 Å². The van der Waals surface area contributed by atoms with E-state index >= 15 is 0 Å². The van der Waals surface area contributed by atoms with Crippen LogP contribution in [0.5, 0.6) is 0 Å². The Morgan fingerprint density at radius 3 is 2.62 bits per heavy atom. The number of hydrogen-bond donors (Lipinski definition) is 1. The Hall–Kier alpha value is -0.770. The molecule has 1 aromatic rings. The van der Waals surface area contributed by atoms with Crippen LogP contribution in [0.3, 0.4) is 0 Å². The van der Waals surface area contributed by atoms with Gasteiger partial charge in [-0.25, -0.2) is 4.79 Å². The number of nitrogens with zero attached hydrogens (tertiary/aromatic N) is 1. The van der Waals surface area contributed by atoms with Gasteiger partial charge < -0.3 is 9.67 Å².